The number of ether oxygens (including phenoxy) is 1. The molecule has 2 aromatic rings. The first-order valence-electron chi connectivity index (χ1n) is 8.19. The largest absolute Gasteiger partial charge is 0.456 e. The Bertz CT molecular complexity index is 823. The van der Waals surface area contributed by atoms with Crippen molar-refractivity contribution in [3.05, 3.63) is 53.6 Å². The van der Waals surface area contributed by atoms with E-state index in [2.05, 4.69) is 5.32 Å². The predicted molar refractivity (Wildman–Crippen MR) is 106 cm³/mol. The van der Waals surface area contributed by atoms with Crippen molar-refractivity contribution < 1.29 is 13.2 Å². The smallest absolute Gasteiger partial charge is 0.243 e. The lowest BCUT2D eigenvalue weighted by Gasteiger charge is -2.30. The van der Waals surface area contributed by atoms with Gasteiger partial charge in [-0.05, 0) is 62.3 Å². The molecule has 3 rings (SSSR count). The molecule has 5 nitrogen and oxygen atoms in total. The van der Waals surface area contributed by atoms with Crippen LogP contribution in [0.3, 0.4) is 0 Å². The summed E-state index contributed by atoms with van der Waals surface area (Å²) in [5, 5.41) is 3.75. The molecule has 0 saturated carbocycles. The van der Waals surface area contributed by atoms with Crippen LogP contribution < -0.4 is 10.1 Å². The summed E-state index contributed by atoms with van der Waals surface area (Å²) in [6.07, 6.45) is 1.65. The number of rotatable bonds is 5. The van der Waals surface area contributed by atoms with Crippen LogP contribution in [-0.4, -0.2) is 38.9 Å². The van der Waals surface area contributed by atoms with Crippen LogP contribution >= 0.6 is 24.0 Å². The number of benzene rings is 2. The Balaban J connectivity index is 0.00000243. The van der Waals surface area contributed by atoms with Crippen molar-refractivity contribution in [3.8, 4) is 11.5 Å². The minimum absolute atomic E-state index is 0. The molecular formula is C18H22Cl2N2O3S. The number of halogens is 2. The summed E-state index contributed by atoms with van der Waals surface area (Å²) in [6, 6.07) is 13.6. The summed E-state index contributed by atoms with van der Waals surface area (Å²) in [6.45, 7) is 1.68. The van der Waals surface area contributed by atoms with Crippen LogP contribution in [-0.2, 0) is 10.0 Å². The summed E-state index contributed by atoms with van der Waals surface area (Å²) in [5.74, 6) is 1.07. The van der Waals surface area contributed by atoms with E-state index in [1.54, 1.807) is 43.4 Å². The van der Waals surface area contributed by atoms with Crippen molar-refractivity contribution in [2.24, 2.45) is 0 Å². The van der Waals surface area contributed by atoms with E-state index in [1.807, 2.05) is 12.1 Å². The van der Waals surface area contributed by atoms with Crippen LogP contribution in [0.15, 0.2) is 53.4 Å². The van der Waals surface area contributed by atoms with Gasteiger partial charge < -0.3 is 10.1 Å². The van der Waals surface area contributed by atoms with Crippen LogP contribution in [0.1, 0.15) is 12.8 Å². The predicted octanol–water partition coefficient (Wildman–Crippen LogP) is 3.93. The van der Waals surface area contributed by atoms with Gasteiger partial charge in [0.25, 0.3) is 0 Å². The molecule has 0 atom stereocenters. The highest BCUT2D eigenvalue weighted by Gasteiger charge is 2.28. The van der Waals surface area contributed by atoms with Gasteiger partial charge in [0.05, 0.1) is 9.92 Å². The number of nitrogens with zero attached hydrogens (tertiary/aromatic N) is 1. The molecule has 26 heavy (non-hydrogen) atoms. The number of nitrogens with one attached hydrogen (secondary N) is 1. The van der Waals surface area contributed by atoms with Crippen molar-refractivity contribution in [2.75, 3.05) is 20.1 Å². The van der Waals surface area contributed by atoms with Crippen molar-refractivity contribution in [3.63, 3.8) is 0 Å². The molecule has 142 valence electrons. The van der Waals surface area contributed by atoms with Crippen LogP contribution in [0.4, 0.5) is 0 Å². The first kappa shape index (κ1) is 21.0. The van der Waals surface area contributed by atoms with Crippen molar-refractivity contribution in [2.45, 2.75) is 23.8 Å². The van der Waals surface area contributed by atoms with Gasteiger partial charge in [0.2, 0.25) is 10.0 Å². The standard InChI is InChI=1S/C18H21ClN2O3S.ClH/c1-21(14-10-12-20-13-11-14)25(22,23)16-8-6-15(7-9-16)24-18-5-3-2-4-17(18)19;/h2-9,14,20H,10-13H2,1H3;1H. The molecule has 0 bridgehead atoms. The topological polar surface area (TPSA) is 58.6 Å². The first-order valence-corrected chi connectivity index (χ1v) is 10.0. The second-order valence-electron chi connectivity index (χ2n) is 6.01. The van der Waals surface area contributed by atoms with E-state index >= 15 is 0 Å². The summed E-state index contributed by atoms with van der Waals surface area (Å²) in [5.41, 5.74) is 0. The second-order valence-corrected chi connectivity index (χ2v) is 8.41. The Labute approximate surface area is 165 Å². The zero-order valence-corrected chi connectivity index (χ0v) is 16.8. The third-order valence-electron chi connectivity index (χ3n) is 4.39. The molecule has 1 heterocycles. The molecular weight excluding hydrogens is 395 g/mol. The zero-order valence-electron chi connectivity index (χ0n) is 14.4. The molecule has 1 aliphatic heterocycles. The molecule has 2 aromatic carbocycles. The van der Waals surface area contributed by atoms with Crippen LogP contribution in [0, 0.1) is 0 Å². The van der Waals surface area contributed by atoms with E-state index in [0.29, 0.717) is 16.5 Å². The number of sulfonamides is 1. The minimum Gasteiger partial charge on any atom is -0.456 e. The Morgan fingerprint density at radius 2 is 1.69 bits per heavy atom. The van der Waals surface area contributed by atoms with Gasteiger partial charge in [-0.15, -0.1) is 12.4 Å². The number of hydrogen-bond acceptors (Lipinski definition) is 4. The SMILES string of the molecule is CN(C1CCNCC1)S(=O)(=O)c1ccc(Oc2ccccc2Cl)cc1.Cl. The maximum atomic E-state index is 12.8. The van der Waals surface area contributed by atoms with Gasteiger partial charge in [-0.3, -0.25) is 0 Å². The van der Waals surface area contributed by atoms with Gasteiger partial charge in [0.15, 0.2) is 0 Å². The lowest BCUT2D eigenvalue weighted by atomic mass is 10.1. The molecule has 1 saturated heterocycles. The summed E-state index contributed by atoms with van der Waals surface area (Å²) < 4.78 is 32.8. The number of para-hydroxylation sites is 1. The molecule has 0 spiro atoms. The maximum absolute atomic E-state index is 12.8. The van der Waals surface area contributed by atoms with Crippen LogP contribution in [0.5, 0.6) is 11.5 Å². The van der Waals surface area contributed by atoms with E-state index in [1.165, 1.54) is 4.31 Å². The molecule has 0 aliphatic carbocycles. The maximum Gasteiger partial charge on any atom is 0.243 e. The average molecular weight is 417 g/mol. The monoisotopic (exact) mass is 416 g/mol. The third-order valence-corrected chi connectivity index (χ3v) is 6.62. The Kier molecular flexibility index (Phi) is 7.32. The highest BCUT2D eigenvalue weighted by atomic mass is 35.5. The van der Waals surface area contributed by atoms with Gasteiger partial charge in [-0.1, -0.05) is 23.7 Å². The molecule has 1 fully saturated rings. The van der Waals surface area contributed by atoms with E-state index < -0.39 is 10.0 Å². The van der Waals surface area contributed by atoms with E-state index in [9.17, 15) is 8.42 Å². The first-order chi connectivity index (χ1) is 12.0. The molecule has 0 aromatic heterocycles. The number of hydrogen-bond donors (Lipinski definition) is 1. The fourth-order valence-corrected chi connectivity index (χ4v) is 4.46. The Morgan fingerprint density at radius 1 is 1.08 bits per heavy atom. The molecule has 0 unspecified atom stereocenters. The van der Waals surface area contributed by atoms with E-state index in [-0.39, 0.29) is 23.3 Å². The van der Waals surface area contributed by atoms with Crippen LogP contribution in [0.2, 0.25) is 5.02 Å². The summed E-state index contributed by atoms with van der Waals surface area (Å²) in [4.78, 5) is 0.264. The zero-order chi connectivity index (χ0) is 17.9. The molecule has 8 heteroatoms. The second kappa shape index (κ2) is 9.06. The van der Waals surface area contributed by atoms with Crippen molar-refractivity contribution in [1.82, 2.24) is 9.62 Å². The van der Waals surface area contributed by atoms with Crippen molar-refractivity contribution in [1.29, 1.82) is 0 Å². The van der Waals surface area contributed by atoms with Gasteiger partial charge in [0, 0.05) is 13.1 Å². The third kappa shape index (κ3) is 4.69. The molecule has 0 amide bonds. The lowest BCUT2D eigenvalue weighted by Crippen LogP contribution is -2.43. The summed E-state index contributed by atoms with van der Waals surface area (Å²) in [7, 11) is -1.86. The van der Waals surface area contributed by atoms with Gasteiger partial charge in [-0.25, -0.2) is 8.42 Å². The summed E-state index contributed by atoms with van der Waals surface area (Å²) >= 11 is 6.07. The Morgan fingerprint density at radius 3 is 2.31 bits per heavy atom. The minimum atomic E-state index is -3.51. The lowest BCUT2D eigenvalue weighted by molar-refractivity contribution is 0.296. The quantitative estimate of drug-likeness (QED) is 0.801. The molecule has 1 aliphatic rings. The van der Waals surface area contributed by atoms with Gasteiger partial charge >= 0.3 is 0 Å². The van der Waals surface area contributed by atoms with E-state index in [4.69, 9.17) is 16.3 Å². The van der Waals surface area contributed by atoms with E-state index in [0.717, 1.165) is 25.9 Å². The normalized spacial score (nSPS) is 15.5. The molecule has 1 N–H and O–H groups in total. The fourth-order valence-electron chi connectivity index (χ4n) is 2.87. The van der Waals surface area contributed by atoms with Gasteiger partial charge in [-0.2, -0.15) is 4.31 Å². The Hall–Kier alpha value is -1.31. The van der Waals surface area contributed by atoms with Gasteiger partial charge in [0.1, 0.15) is 11.5 Å². The highest BCUT2D eigenvalue weighted by Crippen LogP contribution is 2.30. The van der Waals surface area contributed by atoms with Crippen LogP contribution in [0.25, 0.3) is 0 Å². The number of piperidine rings is 1. The fraction of sp³-hybridized carbons (Fsp3) is 0.333. The average Bonchev–Trinajstić information content (AvgIpc) is 2.64. The van der Waals surface area contributed by atoms with Crippen molar-refractivity contribution >= 4 is 34.0 Å². The molecule has 0 radical (unpaired) electrons. The highest BCUT2D eigenvalue weighted by molar-refractivity contribution is 7.89.